The van der Waals surface area contributed by atoms with Crippen LogP contribution in [0.15, 0.2) is 0 Å². The first-order chi connectivity index (χ1) is 14.1. The van der Waals surface area contributed by atoms with Crippen molar-refractivity contribution in [2.45, 2.75) is 11.6 Å². The number of hydrogen-bond acceptors (Lipinski definition) is 12. The normalized spacial score (nSPS) is 15.0. The van der Waals surface area contributed by atoms with Crippen molar-refractivity contribution in [1.82, 2.24) is 29.4 Å². The quantitative estimate of drug-likeness (QED) is 0.160. The summed E-state index contributed by atoms with van der Waals surface area (Å²) in [6.07, 6.45) is 0. The van der Waals surface area contributed by atoms with Crippen molar-refractivity contribution in [1.29, 1.82) is 0 Å². The predicted molar refractivity (Wildman–Crippen MR) is 127 cm³/mol. The Hall–Kier alpha value is 0.410. The van der Waals surface area contributed by atoms with E-state index in [1.54, 1.807) is 0 Å². The van der Waals surface area contributed by atoms with E-state index in [9.17, 15) is 8.42 Å². The van der Waals surface area contributed by atoms with Gasteiger partial charge in [-0.1, -0.05) is 0 Å². The molecule has 0 N–H and O–H groups in total. The van der Waals surface area contributed by atoms with Gasteiger partial charge in [-0.15, -0.1) is 0 Å². The highest BCUT2D eigenvalue weighted by Crippen LogP contribution is 2.30. The minimum absolute atomic E-state index is 0.198. The molecule has 0 bridgehead atoms. The second kappa shape index (κ2) is 13.3. The zero-order chi connectivity index (χ0) is 24.6. The third kappa shape index (κ3) is 8.29. The summed E-state index contributed by atoms with van der Waals surface area (Å²) in [6.45, 7) is 0.396. The van der Waals surface area contributed by atoms with Crippen LogP contribution in [0.3, 0.4) is 0 Å². The van der Waals surface area contributed by atoms with E-state index in [0.717, 1.165) is 0 Å². The molecule has 15 heteroatoms. The molecule has 0 rings (SSSR count). The van der Waals surface area contributed by atoms with Gasteiger partial charge < -0.3 is 9.05 Å². The first kappa shape index (κ1) is 31.4. The smallest absolute Gasteiger partial charge is 0.331 e. The van der Waals surface area contributed by atoms with E-state index in [2.05, 4.69) is 0 Å². The second-order valence-corrected chi connectivity index (χ2v) is 11.3. The molecule has 0 aliphatic carbocycles. The predicted octanol–water partition coefficient (Wildman–Crippen LogP) is -0.00820. The van der Waals surface area contributed by atoms with E-state index < -0.39 is 40.0 Å². The van der Waals surface area contributed by atoms with Gasteiger partial charge in [-0.2, -0.15) is 16.4 Å². The lowest BCUT2D eigenvalue weighted by molar-refractivity contribution is -0.131. The van der Waals surface area contributed by atoms with Crippen LogP contribution in [0.5, 0.6) is 0 Å². The Kier molecular flexibility index (Phi) is 13.5. The van der Waals surface area contributed by atoms with Gasteiger partial charge in [-0.3, -0.25) is 29.4 Å². The van der Waals surface area contributed by atoms with Gasteiger partial charge in [0, 0.05) is 0 Å². The molecule has 0 aromatic heterocycles. The van der Waals surface area contributed by atoms with Crippen molar-refractivity contribution in [3.63, 3.8) is 0 Å². The van der Waals surface area contributed by atoms with Gasteiger partial charge in [0.25, 0.3) is 0 Å². The van der Waals surface area contributed by atoms with Gasteiger partial charge in [-0.25, -0.2) is 0 Å². The molecule has 0 saturated heterocycles. The standard InChI is InChI=1S/C16H42N6O6P2S/c1-17(2)15(18(3)4,19(5)6)13-25-29-27-31(23,24)28-30-26-14-16(20(7)8,21(9)10)22(11)12/h29-30H,13-14H2,1-12H3. The minimum atomic E-state index is -4.25. The van der Waals surface area contributed by atoms with Gasteiger partial charge in [0.1, 0.15) is 0 Å². The number of nitrogens with zero attached hydrogens (tertiary/aromatic N) is 6. The van der Waals surface area contributed by atoms with Crippen molar-refractivity contribution in [3.05, 3.63) is 0 Å². The highest BCUT2D eigenvalue weighted by Gasteiger charge is 2.39. The van der Waals surface area contributed by atoms with E-state index in [1.807, 2.05) is 114 Å². The molecule has 0 saturated carbocycles. The number of rotatable bonds is 16. The summed E-state index contributed by atoms with van der Waals surface area (Å²) in [5, 5.41) is 0. The highest BCUT2D eigenvalue weighted by atomic mass is 32.3. The van der Waals surface area contributed by atoms with Gasteiger partial charge in [0.2, 0.25) is 0 Å². The molecular weight excluding hydrogens is 466 g/mol. The fourth-order valence-corrected chi connectivity index (χ4v) is 5.57. The lowest BCUT2D eigenvalue weighted by Gasteiger charge is -2.49. The van der Waals surface area contributed by atoms with Crippen LogP contribution in [-0.4, -0.2) is 147 Å². The van der Waals surface area contributed by atoms with Crippen LogP contribution in [0.2, 0.25) is 0 Å². The maximum Gasteiger partial charge on any atom is 0.409 e. The summed E-state index contributed by atoms with van der Waals surface area (Å²) < 4.78 is 44.8. The van der Waals surface area contributed by atoms with E-state index in [-0.39, 0.29) is 13.2 Å². The summed E-state index contributed by atoms with van der Waals surface area (Å²) in [4.78, 5) is 11.9. The summed E-state index contributed by atoms with van der Waals surface area (Å²) in [5.74, 6) is -1.14. The molecular formula is C16H42N6O6P2S. The molecule has 12 nitrogen and oxygen atoms in total. The zero-order valence-corrected chi connectivity index (χ0v) is 23.8. The SMILES string of the molecule is CN(C)C(COPOS(=O)(=O)OPOCC(N(C)C)(N(C)C)N(C)C)(N(C)C)N(C)C. The van der Waals surface area contributed by atoms with Crippen LogP contribution in [0, 0.1) is 0 Å². The fraction of sp³-hybridized carbons (Fsp3) is 1.00. The zero-order valence-electron chi connectivity index (χ0n) is 21.0. The molecule has 2 atom stereocenters. The summed E-state index contributed by atoms with van der Waals surface area (Å²) >= 11 is 0. The average molecular weight is 509 g/mol. The van der Waals surface area contributed by atoms with Crippen LogP contribution in [0.1, 0.15) is 0 Å². The van der Waals surface area contributed by atoms with E-state index in [0.29, 0.717) is 0 Å². The first-order valence-electron chi connectivity index (χ1n) is 9.48. The largest absolute Gasteiger partial charge is 0.409 e. The minimum Gasteiger partial charge on any atom is -0.331 e. The third-order valence-electron chi connectivity index (χ3n) is 5.22. The lowest BCUT2D eigenvalue weighted by atomic mass is 10.2. The van der Waals surface area contributed by atoms with Crippen molar-refractivity contribution in [2.75, 3.05) is 97.8 Å². The molecule has 0 amide bonds. The van der Waals surface area contributed by atoms with Crippen molar-refractivity contribution in [2.24, 2.45) is 0 Å². The molecule has 2 unspecified atom stereocenters. The van der Waals surface area contributed by atoms with Crippen molar-refractivity contribution >= 4 is 28.5 Å². The fourth-order valence-electron chi connectivity index (χ4n) is 3.58. The summed E-state index contributed by atoms with van der Waals surface area (Å²) in [7, 11) is 17.3. The Morgan fingerprint density at radius 1 is 0.548 bits per heavy atom. The molecule has 0 aliphatic heterocycles. The van der Waals surface area contributed by atoms with Crippen molar-refractivity contribution in [3.8, 4) is 0 Å². The molecule has 0 aromatic rings. The Bertz CT molecular complexity index is 532. The maximum atomic E-state index is 12.0. The Morgan fingerprint density at radius 2 is 0.774 bits per heavy atom. The van der Waals surface area contributed by atoms with Gasteiger partial charge in [0.15, 0.2) is 29.6 Å². The van der Waals surface area contributed by atoms with E-state index >= 15 is 0 Å². The summed E-state index contributed by atoms with van der Waals surface area (Å²) in [6, 6.07) is 0. The Labute approximate surface area is 192 Å². The van der Waals surface area contributed by atoms with Crippen LogP contribution in [-0.2, 0) is 27.4 Å². The molecule has 0 heterocycles. The molecule has 0 fully saturated rings. The summed E-state index contributed by atoms with van der Waals surface area (Å²) in [5.41, 5.74) is 0. The second-order valence-electron chi connectivity index (χ2n) is 8.23. The molecule has 0 aliphatic rings. The van der Waals surface area contributed by atoms with Crippen LogP contribution < -0.4 is 0 Å². The molecule has 0 spiro atoms. The van der Waals surface area contributed by atoms with E-state index in [4.69, 9.17) is 17.0 Å². The average Bonchev–Trinajstić information content (AvgIpc) is 2.59. The van der Waals surface area contributed by atoms with Crippen molar-refractivity contribution < 1.29 is 25.4 Å². The monoisotopic (exact) mass is 508 g/mol. The molecule has 0 aromatic carbocycles. The Balaban J connectivity index is 4.72. The lowest BCUT2D eigenvalue weighted by Crippen LogP contribution is -2.66. The third-order valence-corrected chi connectivity index (χ3v) is 7.92. The maximum absolute atomic E-state index is 12.0. The molecule has 31 heavy (non-hydrogen) atoms. The van der Waals surface area contributed by atoms with E-state index in [1.165, 1.54) is 0 Å². The number of hydrogen-bond donors (Lipinski definition) is 0. The molecule has 188 valence electrons. The van der Waals surface area contributed by atoms with Crippen LogP contribution >= 0.6 is 18.1 Å². The highest BCUT2D eigenvalue weighted by molar-refractivity contribution is 7.87. The molecule has 0 radical (unpaired) electrons. The van der Waals surface area contributed by atoms with Gasteiger partial charge in [0.05, 0.1) is 13.2 Å². The first-order valence-corrected chi connectivity index (χ1v) is 12.4. The van der Waals surface area contributed by atoms with Gasteiger partial charge >= 0.3 is 10.4 Å². The van der Waals surface area contributed by atoms with Gasteiger partial charge in [-0.05, 0) is 84.6 Å². The van der Waals surface area contributed by atoms with Crippen LogP contribution in [0.25, 0.3) is 0 Å². The Morgan fingerprint density at radius 3 is 0.968 bits per heavy atom. The van der Waals surface area contributed by atoms with Crippen LogP contribution in [0.4, 0.5) is 0 Å². The number of likely N-dealkylation sites (N-methyl/N-ethyl adjacent to an activating group) is 6. The topological polar surface area (TPSA) is 90.5 Å².